The van der Waals surface area contributed by atoms with Gasteiger partial charge in [0.2, 0.25) is 11.9 Å². The normalized spacial score (nSPS) is 17.0. The van der Waals surface area contributed by atoms with Gasteiger partial charge in [-0.25, -0.2) is 23.4 Å². The Bertz CT molecular complexity index is 1080. The largest absolute Gasteiger partial charge is 0.356 e. The van der Waals surface area contributed by atoms with Crippen LogP contribution in [0.2, 0.25) is 0 Å². The van der Waals surface area contributed by atoms with E-state index in [1.54, 1.807) is 12.4 Å². The minimum Gasteiger partial charge on any atom is -0.356 e. The van der Waals surface area contributed by atoms with Gasteiger partial charge in [0.15, 0.2) is 11.6 Å². The molecular formula is C21H24F2N8. The predicted molar refractivity (Wildman–Crippen MR) is 114 cm³/mol. The maximum Gasteiger partial charge on any atom is 0.244 e. The van der Waals surface area contributed by atoms with Gasteiger partial charge < -0.3 is 15.1 Å². The van der Waals surface area contributed by atoms with E-state index in [0.717, 1.165) is 56.5 Å². The van der Waals surface area contributed by atoms with Crippen molar-refractivity contribution < 1.29 is 8.78 Å². The molecular weight excluding hydrogens is 402 g/mol. The molecule has 1 fully saturated rings. The number of hydrogen-bond donors (Lipinski definition) is 1. The van der Waals surface area contributed by atoms with Crippen molar-refractivity contribution >= 4 is 23.4 Å². The van der Waals surface area contributed by atoms with Crippen LogP contribution in [0.1, 0.15) is 25.0 Å². The molecule has 0 bridgehead atoms. The minimum atomic E-state index is -0.863. The molecule has 0 unspecified atom stereocenters. The highest BCUT2D eigenvalue weighted by molar-refractivity contribution is 5.59. The van der Waals surface area contributed by atoms with Crippen LogP contribution in [-0.4, -0.2) is 50.4 Å². The molecule has 0 radical (unpaired) electrons. The topological polar surface area (TPSA) is 75.0 Å². The fraction of sp³-hybridized carbons (Fsp3) is 0.429. The highest BCUT2D eigenvalue weighted by Gasteiger charge is 2.26. The standard InChI is InChI=1S/C21H24F2N8/c1-14-11-19(25-13-24-14)29-9-5-15(6-10-29)26-20-27-21-30(7-2-8-31(21)28-20)16-3-4-17(22)18(23)12-16/h3-4,11-13,15H,2,5-10H2,1H3,(H,26,28). The van der Waals surface area contributed by atoms with Gasteiger partial charge in [-0.1, -0.05) is 0 Å². The zero-order valence-corrected chi connectivity index (χ0v) is 17.3. The molecule has 10 heteroatoms. The van der Waals surface area contributed by atoms with Crippen molar-refractivity contribution in [3.8, 4) is 0 Å². The maximum absolute atomic E-state index is 13.7. The van der Waals surface area contributed by atoms with Gasteiger partial charge in [-0.3, -0.25) is 0 Å². The molecule has 1 aromatic carbocycles. The third-order valence-corrected chi connectivity index (χ3v) is 5.80. The first-order valence-corrected chi connectivity index (χ1v) is 10.5. The first kappa shape index (κ1) is 19.7. The number of aromatic nitrogens is 5. The number of aryl methyl sites for hydroxylation is 2. The fourth-order valence-corrected chi connectivity index (χ4v) is 4.17. The highest BCUT2D eigenvalue weighted by Crippen LogP contribution is 2.30. The Hall–Kier alpha value is -3.30. The van der Waals surface area contributed by atoms with Gasteiger partial charge in [-0.05, 0) is 38.3 Å². The summed E-state index contributed by atoms with van der Waals surface area (Å²) in [5.41, 5.74) is 1.54. The monoisotopic (exact) mass is 426 g/mol. The molecule has 31 heavy (non-hydrogen) atoms. The Morgan fingerprint density at radius 3 is 2.61 bits per heavy atom. The van der Waals surface area contributed by atoms with Crippen molar-refractivity contribution in [2.45, 2.75) is 38.8 Å². The number of piperidine rings is 1. The molecule has 0 atom stereocenters. The second-order valence-electron chi connectivity index (χ2n) is 7.99. The van der Waals surface area contributed by atoms with Crippen LogP contribution in [-0.2, 0) is 6.54 Å². The molecule has 3 aromatic rings. The van der Waals surface area contributed by atoms with Crippen molar-refractivity contribution in [2.24, 2.45) is 0 Å². The number of hydrogen-bond acceptors (Lipinski definition) is 7. The van der Waals surface area contributed by atoms with Gasteiger partial charge in [0.25, 0.3) is 0 Å². The van der Waals surface area contributed by atoms with E-state index in [4.69, 9.17) is 0 Å². The molecule has 0 saturated carbocycles. The molecule has 2 aromatic heterocycles. The van der Waals surface area contributed by atoms with Crippen LogP contribution >= 0.6 is 0 Å². The lowest BCUT2D eigenvalue weighted by Gasteiger charge is -2.32. The highest BCUT2D eigenvalue weighted by atomic mass is 19.2. The van der Waals surface area contributed by atoms with E-state index in [1.807, 2.05) is 22.6 Å². The number of nitrogens with one attached hydrogen (secondary N) is 1. The van der Waals surface area contributed by atoms with Gasteiger partial charge in [-0.2, -0.15) is 4.98 Å². The number of rotatable bonds is 4. The summed E-state index contributed by atoms with van der Waals surface area (Å²) in [6, 6.07) is 6.19. The zero-order chi connectivity index (χ0) is 21.4. The summed E-state index contributed by atoms with van der Waals surface area (Å²) in [7, 11) is 0. The van der Waals surface area contributed by atoms with E-state index in [2.05, 4.69) is 30.3 Å². The molecule has 162 valence electrons. The second-order valence-corrected chi connectivity index (χ2v) is 7.99. The van der Waals surface area contributed by atoms with Gasteiger partial charge in [0.05, 0.1) is 0 Å². The molecule has 4 heterocycles. The fourth-order valence-electron chi connectivity index (χ4n) is 4.17. The Morgan fingerprint density at radius 1 is 1.00 bits per heavy atom. The van der Waals surface area contributed by atoms with E-state index in [9.17, 15) is 8.78 Å². The van der Waals surface area contributed by atoms with Crippen LogP contribution in [0.4, 0.5) is 32.2 Å². The van der Waals surface area contributed by atoms with Crippen LogP contribution in [0.3, 0.4) is 0 Å². The summed E-state index contributed by atoms with van der Waals surface area (Å²) in [5.74, 6) is 0.462. The molecule has 1 N–H and O–H groups in total. The lowest BCUT2D eigenvalue weighted by Crippen LogP contribution is -2.39. The predicted octanol–water partition coefficient (Wildman–Crippen LogP) is 3.28. The lowest BCUT2D eigenvalue weighted by atomic mass is 10.1. The molecule has 5 rings (SSSR count). The average Bonchev–Trinajstić information content (AvgIpc) is 3.19. The van der Waals surface area contributed by atoms with Crippen LogP contribution in [0.5, 0.6) is 0 Å². The Kier molecular flexibility index (Phi) is 5.13. The zero-order valence-electron chi connectivity index (χ0n) is 17.3. The first-order valence-electron chi connectivity index (χ1n) is 10.5. The van der Waals surface area contributed by atoms with Crippen molar-refractivity contribution in [3.05, 3.63) is 47.9 Å². The maximum atomic E-state index is 13.7. The summed E-state index contributed by atoms with van der Waals surface area (Å²) in [6.45, 7) is 5.18. The third-order valence-electron chi connectivity index (χ3n) is 5.80. The summed E-state index contributed by atoms with van der Waals surface area (Å²) in [4.78, 5) is 17.3. The average molecular weight is 426 g/mol. The van der Waals surface area contributed by atoms with Crippen LogP contribution in [0.25, 0.3) is 0 Å². The Morgan fingerprint density at radius 2 is 1.84 bits per heavy atom. The number of nitrogens with zero attached hydrogens (tertiary/aromatic N) is 7. The quantitative estimate of drug-likeness (QED) is 0.686. The lowest BCUT2D eigenvalue weighted by molar-refractivity contribution is 0.506. The van der Waals surface area contributed by atoms with Crippen LogP contribution in [0, 0.1) is 18.6 Å². The summed E-state index contributed by atoms with van der Waals surface area (Å²) >= 11 is 0. The first-order chi connectivity index (χ1) is 15.1. The van der Waals surface area contributed by atoms with E-state index < -0.39 is 11.6 Å². The molecule has 2 aliphatic heterocycles. The molecule has 0 aliphatic carbocycles. The van der Waals surface area contributed by atoms with Crippen LogP contribution < -0.4 is 15.1 Å². The summed E-state index contributed by atoms with van der Waals surface area (Å²) in [5, 5.41) is 8.05. The van der Waals surface area contributed by atoms with E-state index in [0.29, 0.717) is 24.1 Å². The van der Waals surface area contributed by atoms with Crippen LogP contribution in [0.15, 0.2) is 30.6 Å². The number of halogens is 2. The smallest absolute Gasteiger partial charge is 0.244 e. The molecule has 8 nitrogen and oxygen atoms in total. The molecule has 0 spiro atoms. The Labute approximate surface area is 178 Å². The van der Waals surface area contributed by atoms with Crippen molar-refractivity contribution in [3.63, 3.8) is 0 Å². The van der Waals surface area contributed by atoms with Gasteiger partial charge in [0.1, 0.15) is 12.1 Å². The van der Waals surface area contributed by atoms with Gasteiger partial charge in [0, 0.05) is 55.7 Å². The SMILES string of the molecule is Cc1cc(N2CCC(Nc3nc4n(n3)CCCN4c3ccc(F)c(F)c3)CC2)ncn1. The van der Waals surface area contributed by atoms with Gasteiger partial charge in [-0.15, -0.1) is 5.10 Å². The van der Waals surface area contributed by atoms with Crippen molar-refractivity contribution in [1.82, 2.24) is 24.7 Å². The molecule has 2 aliphatic rings. The van der Waals surface area contributed by atoms with Gasteiger partial charge >= 0.3 is 0 Å². The molecule has 0 amide bonds. The Balaban J connectivity index is 1.27. The number of anilines is 4. The van der Waals surface area contributed by atoms with Crippen molar-refractivity contribution in [1.29, 1.82) is 0 Å². The van der Waals surface area contributed by atoms with E-state index >= 15 is 0 Å². The van der Waals surface area contributed by atoms with E-state index in [1.165, 1.54) is 6.07 Å². The number of fused-ring (bicyclic) bond motifs is 1. The minimum absolute atomic E-state index is 0.264. The second kappa shape index (κ2) is 8.09. The summed E-state index contributed by atoms with van der Waals surface area (Å²) in [6.07, 6.45) is 4.35. The third kappa shape index (κ3) is 4.01. The van der Waals surface area contributed by atoms with Crippen molar-refractivity contribution in [2.75, 3.05) is 34.8 Å². The van der Waals surface area contributed by atoms with E-state index in [-0.39, 0.29) is 6.04 Å². The molecule has 1 saturated heterocycles. The number of benzene rings is 1. The summed E-state index contributed by atoms with van der Waals surface area (Å²) < 4.78 is 28.9.